The van der Waals surface area contributed by atoms with Gasteiger partial charge in [-0.05, 0) is 31.9 Å². The van der Waals surface area contributed by atoms with Gasteiger partial charge in [-0.15, -0.1) is 5.10 Å². The zero-order valence-corrected chi connectivity index (χ0v) is 10.2. The minimum Gasteiger partial charge on any atom is -0.352 e. The highest BCUT2D eigenvalue weighted by Gasteiger charge is 2.24. The number of nitrogens with one attached hydrogen (secondary N) is 1. The molecular weight excluding hydrogens is 232 g/mol. The molecule has 0 amide bonds. The number of hydrogen-bond acceptors (Lipinski definition) is 5. The van der Waals surface area contributed by atoms with Gasteiger partial charge in [0.1, 0.15) is 5.82 Å². The smallest absolute Gasteiger partial charge is 0.352 e. The molecule has 1 fully saturated rings. The van der Waals surface area contributed by atoms with Crippen LogP contribution < -0.4 is 16.3 Å². The van der Waals surface area contributed by atoms with Crippen molar-refractivity contribution in [2.45, 2.75) is 31.8 Å². The lowest BCUT2D eigenvalue weighted by atomic mass is 9.99. The lowest BCUT2D eigenvalue weighted by molar-refractivity contribution is 0.426. The van der Waals surface area contributed by atoms with Crippen LogP contribution in [0.3, 0.4) is 0 Å². The fraction of sp³-hybridized carbons (Fsp3) is 0.545. The Morgan fingerprint density at radius 3 is 3.11 bits per heavy atom. The summed E-state index contributed by atoms with van der Waals surface area (Å²) in [6.07, 6.45) is 1.89. The highest BCUT2D eigenvalue weighted by molar-refractivity contribution is 5.46. The summed E-state index contributed by atoms with van der Waals surface area (Å²) in [6, 6.07) is 4.28. The average molecular weight is 248 g/mol. The van der Waals surface area contributed by atoms with E-state index in [0.717, 1.165) is 25.2 Å². The number of nitrogens with two attached hydrogens (primary N) is 1. The van der Waals surface area contributed by atoms with Crippen LogP contribution in [0.1, 0.15) is 19.8 Å². The van der Waals surface area contributed by atoms with Gasteiger partial charge in [0, 0.05) is 18.6 Å². The van der Waals surface area contributed by atoms with E-state index in [4.69, 9.17) is 5.73 Å². The van der Waals surface area contributed by atoms with E-state index in [9.17, 15) is 4.79 Å². The fourth-order valence-electron chi connectivity index (χ4n) is 2.50. The van der Waals surface area contributed by atoms with Crippen molar-refractivity contribution in [3.05, 3.63) is 22.6 Å². The van der Waals surface area contributed by atoms with E-state index in [2.05, 4.69) is 27.1 Å². The number of rotatable bonds is 1. The molecular formula is C11H16N6O. The first-order valence-electron chi connectivity index (χ1n) is 6.12. The van der Waals surface area contributed by atoms with Crippen molar-refractivity contribution >= 4 is 11.5 Å². The van der Waals surface area contributed by atoms with Gasteiger partial charge in [0.2, 0.25) is 0 Å². The van der Waals surface area contributed by atoms with Crippen LogP contribution in [0.4, 0.5) is 5.82 Å². The van der Waals surface area contributed by atoms with Crippen LogP contribution in [-0.4, -0.2) is 38.4 Å². The number of aromatic nitrogens is 4. The maximum absolute atomic E-state index is 11.5. The summed E-state index contributed by atoms with van der Waals surface area (Å²) in [5, 5.41) is 10.6. The van der Waals surface area contributed by atoms with Crippen LogP contribution in [0.25, 0.3) is 5.65 Å². The molecule has 2 unspecified atom stereocenters. The standard InChI is InChI=1S/C11H16N6O/c1-7-6-8(12)4-5-16(7)10-3-2-9-13-14-11(18)17(9)15-10/h2-3,7-8H,4-6,12H2,1H3,(H,14,18). The number of piperidine rings is 1. The van der Waals surface area contributed by atoms with Crippen molar-refractivity contribution in [2.75, 3.05) is 11.4 Å². The van der Waals surface area contributed by atoms with Crippen molar-refractivity contribution in [3.8, 4) is 0 Å². The van der Waals surface area contributed by atoms with Crippen molar-refractivity contribution < 1.29 is 0 Å². The molecule has 0 spiro atoms. The molecule has 0 bridgehead atoms. The number of nitrogens with zero attached hydrogens (tertiary/aromatic N) is 4. The zero-order valence-electron chi connectivity index (χ0n) is 10.2. The molecule has 96 valence electrons. The average Bonchev–Trinajstić information content (AvgIpc) is 2.71. The Morgan fingerprint density at radius 2 is 2.33 bits per heavy atom. The van der Waals surface area contributed by atoms with Crippen molar-refractivity contribution in [1.82, 2.24) is 19.8 Å². The maximum Gasteiger partial charge on any atom is 0.364 e. The summed E-state index contributed by atoms with van der Waals surface area (Å²) in [4.78, 5) is 13.7. The van der Waals surface area contributed by atoms with E-state index in [1.54, 1.807) is 6.07 Å². The molecule has 0 saturated carbocycles. The summed E-state index contributed by atoms with van der Waals surface area (Å²) >= 11 is 0. The van der Waals surface area contributed by atoms with E-state index in [1.165, 1.54) is 4.52 Å². The third-order valence-corrected chi connectivity index (χ3v) is 3.47. The Bertz CT molecular complexity index is 617. The van der Waals surface area contributed by atoms with Crippen molar-refractivity contribution in [3.63, 3.8) is 0 Å². The minimum absolute atomic E-state index is 0.261. The van der Waals surface area contributed by atoms with E-state index >= 15 is 0 Å². The summed E-state index contributed by atoms with van der Waals surface area (Å²) in [7, 11) is 0. The Labute approximate surface area is 104 Å². The van der Waals surface area contributed by atoms with E-state index in [1.807, 2.05) is 6.07 Å². The molecule has 7 nitrogen and oxygen atoms in total. The van der Waals surface area contributed by atoms with Crippen LogP contribution in [0.5, 0.6) is 0 Å². The summed E-state index contributed by atoms with van der Waals surface area (Å²) < 4.78 is 1.29. The third-order valence-electron chi connectivity index (χ3n) is 3.47. The second-order valence-electron chi connectivity index (χ2n) is 4.82. The van der Waals surface area contributed by atoms with Gasteiger partial charge in [-0.3, -0.25) is 0 Å². The third kappa shape index (κ3) is 1.76. The van der Waals surface area contributed by atoms with Crippen LogP contribution in [0.15, 0.2) is 16.9 Å². The SMILES string of the molecule is CC1CC(N)CCN1c1ccc2n[nH]c(=O)n2n1. The molecule has 2 atom stereocenters. The first-order chi connectivity index (χ1) is 8.65. The largest absolute Gasteiger partial charge is 0.364 e. The molecule has 2 aromatic rings. The van der Waals surface area contributed by atoms with Gasteiger partial charge in [0.05, 0.1) is 0 Å². The van der Waals surface area contributed by atoms with E-state index in [0.29, 0.717) is 11.7 Å². The molecule has 18 heavy (non-hydrogen) atoms. The van der Waals surface area contributed by atoms with Crippen molar-refractivity contribution in [1.29, 1.82) is 0 Å². The molecule has 1 saturated heterocycles. The quantitative estimate of drug-likeness (QED) is 0.725. The molecule has 0 radical (unpaired) electrons. The maximum atomic E-state index is 11.5. The number of H-pyrrole nitrogens is 1. The highest BCUT2D eigenvalue weighted by Crippen LogP contribution is 2.21. The lowest BCUT2D eigenvalue weighted by Gasteiger charge is -2.37. The molecule has 0 aromatic carbocycles. The van der Waals surface area contributed by atoms with E-state index in [-0.39, 0.29) is 11.7 Å². The molecule has 3 rings (SSSR count). The second-order valence-corrected chi connectivity index (χ2v) is 4.82. The predicted octanol–water partition coefficient (Wildman–Crippen LogP) is -0.266. The summed E-state index contributed by atoms with van der Waals surface area (Å²) in [5.41, 5.74) is 6.17. The Balaban J connectivity index is 1.98. The summed E-state index contributed by atoms with van der Waals surface area (Å²) in [5.74, 6) is 0.797. The zero-order chi connectivity index (χ0) is 12.7. The minimum atomic E-state index is -0.312. The molecule has 2 aromatic heterocycles. The number of aromatic amines is 1. The Morgan fingerprint density at radius 1 is 1.50 bits per heavy atom. The molecule has 1 aliphatic rings. The van der Waals surface area contributed by atoms with Gasteiger partial charge in [0.15, 0.2) is 5.65 Å². The van der Waals surface area contributed by atoms with Gasteiger partial charge >= 0.3 is 5.69 Å². The topological polar surface area (TPSA) is 92.3 Å². The van der Waals surface area contributed by atoms with Gasteiger partial charge in [0.25, 0.3) is 0 Å². The van der Waals surface area contributed by atoms with Gasteiger partial charge in [-0.2, -0.15) is 9.61 Å². The van der Waals surface area contributed by atoms with Gasteiger partial charge in [-0.25, -0.2) is 9.89 Å². The van der Waals surface area contributed by atoms with E-state index < -0.39 is 0 Å². The monoisotopic (exact) mass is 248 g/mol. The Hall–Kier alpha value is -1.89. The first kappa shape index (κ1) is 11.2. The first-order valence-corrected chi connectivity index (χ1v) is 6.12. The van der Waals surface area contributed by atoms with Crippen molar-refractivity contribution in [2.24, 2.45) is 5.73 Å². The molecule has 0 aliphatic carbocycles. The van der Waals surface area contributed by atoms with Gasteiger partial charge < -0.3 is 10.6 Å². The normalized spacial score (nSPS) is 24.7. The highest BCUT2D eigenvalue weighted by atomic mass is 16.2. The lowest BCUT2D eigenvalue weighted by Crippen LogP contribution is -2.46. The van der Waals surface area contributed by atoms with Gasteiger partial charge in [-0.1, -0.05) is 0 Å². The fourth-order valence-corrected chi connectivity index (χ4v) is 2.50. The predicted molar refractivity (Wildman–Crippen MR) is 67.6 cm³/mol. The number of hydrogen-bond donors (Lipinski definition) is 2. The molecule has 1 aliphatic heterocycles. The number of anilines is 1. The second kappa shape index (κ2) is 4.09. The van der Waals surface area contributed by atoms with Crippen LogP contribution in [0.2, 0.25) is 0 Å². The molecule has 3 N–H and O–H groups in total. The van der Waals surface area contributed by atoms with Crippen LogP contribution in [-0.2, 0) is 0 Å². The van der Waals surface area contributed by atoms with Crippen LogP contribution >= 0.6 is 0 Å². The van der Waals surface area contributed by atoms with Crippen LogP contribution in [0, 0.1) is 0 Å². The number of fused-ring (bicyclic) bond motifs is 1. The Kier molecular flexibility index (Phi) is 2.55. The molecule has 3 heterocycles. The summed E-state index contributed by atoms with van der Waals surface area (Å²) in [6.45, 7) is 3.00. The molecule has 7 heteroatoms.